The van der Waals surface area contributed by atoms with Gasteiger partial charge in [0, 0.05) is 24.6 Å². The molecule has 1 aromatic heterocycles. The predicted molar refractivity (Wildman–Crippen MR) is 98.9 cm³/mol. The summed E-state index contributed by atoms with van der Waals surface area (Å²) in [7, 11) is 0. The molecule has 7 heteroatoms. The normalized spacial score (nSPS) is 10.1. The molecule has 134 valence electrons. The van der Waals surface area contributed by atoms with Crippen LogP contribution in [0.1, 0.15) is 21.5 Å². The van der Waals surface area contributed by atoms with Crippen LogP contribution in [0.15, 0.2) is 60.9 Å². The number of anilines is 2. The molecule has 0 saturated heterocycles. The van der Waals surface area contributed by atoms with E-state index in [1.165, 1.54) is 18.5 Å². The van der Waals surface area contributed by atoms with Crippen LogP contribution in [0.25, 0.3) is 0 Å². The van der Waals surface area contributed by atoms with Crippen molar-refractivity contribution < 1.29 is 9.18 Å². The van der Waals surface area contributed by atoms with Gasteiger partial charge in [-0.05, 0) is 42.3 Å². The van der Waals surface area contributed by atoms with E-state index in [0.717, 1.165) is 5.69 Å². The summed E-state index contributed by atoms with van der Waals surface area (Å²) in [5, 5.41) is 14.5. The fourth-order valence-corrected chi connectivity index (χ4v) is 2.38. The minimum atomic E-state index is -0.323. The Hall–Kier alpha value is -3.79. The fourth-order valence-electron chi connectivity index (χ4n) is 2.38. The maximum atomic E-state index is 13.5. The number of hydrogen-bond donors (Lipinski definition) is 2. The Labute approximate surface area is 155 Å². The highest BCUT2D eigenvalue weighted by Gasteiger charge is 2.08. The van der Waals surface area contributed by atoms with Crippen LogP contribution in [-0.4, -0.2) is 22.4 Å². The molecule has 0 spiro atoms. The van der Waals surface area contributed by atoms with Gasteiger partial charge in [0.05, 0.1) is 17.2 Å². The molecule has 0 radical (unpaired) electrons. The van der Waals surface area contributed by atoms with Crippen molar-refractivity contribution in [1.82, 2.24) is 15.3 Å². The van der Waals surface area contributed by atoms with Gasteiger partial charge in [-0.3, -0.25) is 4.79 Å². The van der Waals surface area contributed by atoms with Gasteiger partial charge in [0.1, 0.15) is 5.82 Å². The SMILES string of the molecule is N#Cc1ccc(Nc2ncc(C(=O)NCCc3ccccc3F)cn2)cc1. The van der Waals surface area contributed by atoms with E-state index in [1.807, 2.05) is 6.07 Å². The Kier molecular flexibility index (Phi) is 5.70. The van der Waals surface area contributed by atoms with E-state index in [1.54, 1.807) is 42.5 Å². The zero-order valence-electron chi connectivity index (χ0n) is 14.3. The number of nitriles is 1. The lowest BCUT2D eigenvalue weighted by atomic mass is 10.1. The van der Waals surface area contributed by atoms with E-state index < -0.39 is 0 Å². The molecule has 27 heavy (non-hydrogen) atoms. The Morgan fingerprint density at radius 3 is 2.44 bits per heavy atom. The number of carbonyl (C=O) groups excluding carboxylic acids is 1. The van der Waals surface area contributed by atoms with Crippen molar-refractivity contribution in [3.05, 3.63) is 83.4 Å². The van der Waals surface area contributed by atoms with E-state index in [0.29, 0.717) is 35.6 Å². The van der Waals surface area contributed by atoms with Crippen molar-refractivity contribution in [2.75, 3.05) is 11.9 Å². The molecule has 0 unspecified atom stereocenters. The second-order valence-corrected chi connectivity index (χ2v) is 5.71. The molecule has 1 amide bonds. The average molecular weight is 361 g/mol. The molecule has 0 bridgehead atoms. The van der Waals surface area contributed by atoms with Gasteiger partial charge in [0.2, 0.25) is 5.95 Å². The summed E-state index contributed by atoms with van der Waals surface area (Å²) in [6.07, 6.45) is 3.23. The molecule has 3 aromatic rings. The number of carbonyl (C=O) groups is 1. The molecule has 0 atom stereocenters. The van der Waals surface area contributed by atoms with Crippen molar-refractivity contribution in [3.8, 4) is 6.07 Å². The van der Waals surface area contributed by atoms with Crippen molar-refractivity contribution in [2.24, 2.45) is 0 Å². The Balaban J connectivity index is 1.53. The number of rotatable bonds is 6. The summed E-state index contributed by atoms with van der Waals surface area (Å²) >= 11 is 0. The average Bonchev–Trinajstić information content (AvgIpc) is 2.70. The van der Waals surface area contributed by atoms with Crippen LogP contribution in [-0.2, 0) is 6.42 Å². The van der Waals surface area contributed by atoms with E-state index >= 15 is 0 Å². The summed E-state index contributed by atoms with van der Waals surface area (Å²) in [5.41, 5.74) is 2.16. The maximum Gasteiger partial charge on any atom is 0.254 e. The maximum absolute atomic E-state index is 13.5. The van der Waals surface area contributed by atoms with E-state index in [2.05, 4.69) is 20.6 Å². The van der Waals surface area contributed by atoms with Gasteiger partial charge >= 0.3 is 0 Å². The molecule has 0 aliphatic rings. The van der Waals surface area contributed by atoms with Crippen LogP contribution >= 0.6 is 0 Å². The number of nitrogens with zero attached hydrogens (tertiary/aromatic N) is 3. The molecular formula is C20H16FN5O. The van der Waals surface area contributed by atoms with E-state index in [9.17, 15) is 9.18 Å². The first-order valence-corrected chi connectivity index (χ1v) is 8.26. The van der Waals surface area contributed by atoms with Crippen LogP contribution < -0.4 is 10.6 Å². The lowest BCUT2D eigenvalue weighted by Crippen LogP contribution is -2.26. The lowest BCUT2D eigenvalue weighted by molar-refractivity contribution is 0.0953. The predicted octanol–water partition coefficient (Wildman–Crippen LogP) is 3.20. The fraction of sp³-hybridized carbons (Fsp3) is 0.100. The minimum Gasteiger partial charge on any atom is -0.352 e. The zero-order chi connectivity index (χ0) is 19.1. The molecule has 0 fully saturated rings. The first kappa shape index (κ1) is 18.0. The van der Waals surface area contributed by atoms with Gasteiger partial charge in [-0.1, -0.05) is 18.2 Å². The number of halogens is 1. The van der Waals surface area contributed by atoms with Gasteiger partial charge in [0.15, 0.2) is 0 Å². The van der Waals surface area contributed by atoms with Crippen molar-refractivity contribution >= 4 is 17.5 Å². The highest BCUT2D eigenvalue weighted by atomic mass is 19.1. The summed E-state index contributed by atoms with van der Waals surface area (Å²) in [4.78, 5) is 20.3. The second-order valence-electron chi connectivity index (χ2n) is 5.71. The number of amides is 1. The number of hydrogen-bond acceptors (Lipinski definition) is 5. The number of nitrogens with one attached hydrogen (secondary N) is 2. The second kappa shape index (κ2) is 8.54. The van der Waals surface area contributed by atoms with Crippen LogP contribution in [0.2, 0.25) is 0 Å². The van der Waals surface area contributed by atoms with Gasteiger partial charge in [-0.25, -0.2) is 14.4 Å². The smallest absolute Gasteiger partial charge is 0.254 e. The molecule has 3 rings (SSSR count). The number of benzene rings is 2. The van der Waals surface area contributed by atoms with Gasteiger partial charge in [-0.2, -0.15) is 5.26 Å². The molecular weight excluding hydrogens is 345 g/mol. The third-order valence-electron chi connectivity index (χ3n) is 3.82. The molecule has 0 saturated carbocycles. The minimum absolute atomic E-state index is 0.284. The Morgan fingerprint density at radius 1 is 1.07 bits per heavy atom. The Morgan fingerprint density at radius 2 is 1.78 bits per heavy atom. The molecule has 1 heterocycles. The zero-order valence-corrected chi connectivity index (χ0v) is 14.3. The summed E-state index contributed by atoms with van der Waals surface area (Å²) in [5.74, 6) is -0.271. The standard InChI is InChI=1S/C20H16FN5O/c21-18-4-2-1-3-15(18)9-10-23-19(27)16-12-24-20(25-13-16)26-17-7-5-14(11-22)6-8-17/h1-8,12-13H,9-10H2,(H,23,27)(H,24,25,26). The summed E-state index contributed by atoms with van der Waals surface area (Å²) < 4.78 is 13.5. The van der Waals surface area contributed by atoms with Gasteiger partial charge in [-0.15, -0.1) is 0 Å². The van der Waals surface area contributed by atoms with Crippen molar-refractivity contribution in [3.63, 3.8) is 0 Å². The quantitative estimate of drug-likeness (QED) is 0.704. The first-order chi connectivity index (χ1) is 13.2. The van der Waals surface area contributed by atoms with Gasteiger partial charge < -0.3 is 10.6 Å². The molecule has 0 aliphatic heterocycles. The molecule has 2 N–H and O–H groups in total. The van der Waals surface area contributed by atoms with Crippen LogP contribution in [0.4, 0.5) is 16.0 Å². The summed E-state index contributed by atoms with van der Waals surface area (Å²) in [6.45, 7) is 0.311. The van der Waals surface area contributed by atoms with E-state index in [4.69, 9.17) is 5.26 Å². The largest absolute Gasteiger partial charge is 0.352 e. The monoisotopic (exact) mass is 361 g/mol. The topological polar surface area (TPSA) is 90.7 Å². The molecule has 6 nitrogen and oxygen atoms in total. The highest BCUT2D eigenvalue weighted by Crippen LogP contribution is 2.13. The third kappa shape index (κ3) is 4.86. The first-order valence-electron chi connectivity index (χ1n) is 8.26. The van der Waals surface area contributed by atoms with Crippen LogP contribution in [0, 0.1) is 17.1 Å². The Bertz CT molecular complexity index is 965. The highest BCUT2D eigenvalue weighted by molar-refractivity contribution is 5.93. The molecule has 0 aliphatic carbocycles. The molecule has 2 aromatic carbocycles. The van der Waals surface area contributed by atoms with Crippen molar-refractivity contribution in [2.45, 2.75) is 6.42 Å². The van der Waals surface area contributed by atoms with Crippen LogP contribution in [0.3, 0.4) is 0 Å². The number of aromatic nitrogens is 2. The third-order valence-corrected chi connectivity index (χ3v) is 3.82. The lowest BCUT2D eigenvalue weighted by Gasteiger charge is -2.07. The van der Waals surface area contributed by atoms with Crippen LogP contribution in [0.5, 0.6) is 0 Å². The van der Waals surface area contributed by atoms with Gasteiger partial charge in [0.25, 0.3) is 5.91 Å². The van der Waals surface area contributed by atoms with E-state index in [-0.39, 0.29) is 11.7 Å². The van der Waals surface area contributed by atoms with Crippen molar-refractivity contribution in [1.29, 1.82) is 5.26 Å². The summed E-state index contributed by atoms with van der Waals surface area (Å²) in [6, 6.07) is 15.4.